The minimum atomic E-state index is -0.605. The molecule has 0 heterocycles. The molecule has 1 aromatic carbocycles. The molecule has 0 aliphatic carbocycles. The molecular weight excluding hydrogens is 165 g/mol. The quantitative estimate of drug-likeness (QED) is 0.656. The van der Waals surface area contributed by atoms with E-state index in [4.69, 9.17) is 9.81 Å². The van der Waals surface area contributed by atoms with Gasteiger partial charge in [-0.15, -0.1) is 0 Å². The van der Waals surface area contributed by atoms with Crippen LogP contribution in [0, 0.1) is 17.1 Å². The second kappa shape index (κ2) is 3.37. The van der Waals surface area contributed by atoms with E-state index in [9.17, 15) is 4.39 Å². The molecule has 0 atom stereocenters. The first-order valence-electron chi connectivity index (χ1n) is 2.79. The van der Waals surface area contributed by atoms with Crippen molar-refractivity contribution in [3.05, 3.63) is 29.6 Å². The third-order valence-electron chi connectivity index (χ3n) is 1.17. The number of hydrogen-bond acceptors (Lipinski definition) is 3. The van der Waals surface area contributed by atoms with Gasteiger partial charge < -0.3 is 4.55 Å². The molecule has 0 aromatic heterocycles. The molecule has 1 aromatic rings. The highest BCUT2D eigenvalue weighted by molar-refractivity contribution is 7.93. The Morgan fingerprint density at radius 1 is 1.55 bits per heavy atom. The third-order valence-corrected chi connectivity index (χ3v) is 1.63. The number of halogens is 1. The van der Waals surface area contributed by atoms with E-state index in [0.717, 1.165) is 6.07 Å². The fourth-order valence-electron chi connectivity index (χ4n) is 0.643. The van der Waals surface area contributed by atoms with Crippen molar-refractivity contribution in [3.63, 3.8) is 0 Å². The number of benzene rings is 1. The van der Waals surface area contributed by atoms with Gasteiger partial charge in [0.05, 0.1) is 5.56 Å². The third kappa shape index (κ3) is 1.70. The van der Waals surface area contributed by atoms with Crippen molar-refractivity contribution in [1.82, 2.24) is 0 Å². The molecule has 0 fully saturated rings. The first-order chi connectivity index (χ1) is 5.27. The molecule has 0 radical (unpaired) electrons. The Hall–Kier alpha value is -1.05. The SMILES string of the molecule is N#Cc1ccc(SO)cc1F. The Kier molecular flexibility index (Phi) is 2.47. The van der Waals surface area contributed by atoms with Crippen molar-refractivity contribution in [1.29, 1.82) is 5.26 Å². The minimum absolute atomic E-state index is 0.0113. The monoisotopic (exact) mass is 169 g/mol. The number of nitrogens with zero attached hydrogens (tertiary/aromatic N) is 1. The van der Waals surface area contributed by atoms with Crippen molar-refractivity contribution < 1.29 is 8.94 Å². The van der Waals surface area contributed by atoms with Crippen LogP contribution >= 0.6 is 12.0 Å². The maximum Gasteiger partial charge on any atom is 0.142 e. The molecule has 1 rings (SSSR count). The van der Waals surface area contributed by atoms with Crippen LogP contribution in [0.2, 0.25) is 0 Å². The molecule has 4 heteroatoms. The minimum Gasteiger partial charge on any atom is -0.325 e. The first kappa shape index (κ1) is 8.05. The van der Waals surface area contributed by atoms with Crippen molar-refractivity contribution in [3.8, 4) is 6.07 Å². The fraction of sp³-hybridized carbons (Fsp3) is 0. The highest BCUT2D eigenvalue weighted by Crippen LogP contribution is 2.17. The second-order valence-electron chi connectivity index (χ2n) is 1.84. The Labute approximate surface area is 67.5 Å². The summed E-state index contributed by atoms with van der Waals surface area (Å²) in [5.74, 6) is -0.605. The van der Waals surface area contributed by atoms with E-state index in [2.05, 4.69) is 0 Å². The number of hydrogen-bond donors (Lipinski definition) is 1. The fourth-order valence-corrected chi connectivity index (χ4v) is 0.928. The lowest BCUT2D eigenvalue weighted by Gasteiger charge is -1.94. The van der Waals surface area contributed by atoms with Crippen LogP contribution < -0.4 is 0 Å². The van der Waals surface area contributed by atoms with Gasteiger partial charge in [-0.05, 0) is 18.2 Å². The Bertz CT molecular complexity index is 308. The van der Waals surface area contributed by atoms with Crippen molar-refractivity contribution in [2.24, 2.45) is 0 Å². The van der Waals surface area contributed by atoms with Crippen LogP contribution in [0.1, 0.15) is 5.56 Å². The maximum atomic E-state index is 12.7. The van der Waals surface area contributed by atoms with Crippen molar-refractivity contribution in [2.75, 3.05) is 0 Å². The highest BCUT2D eigenvalue weighted by atomic mass is 32.2. The Morgan fingerprint density at radius 3 is 2.73 bits per heavy atom. The smallest absolute Gasteiger partial charge is 0.142 e. The van der Waals surface area contributed by atoms with Gasteiger partial charge in [-0.25, -0.2) is 4.39 Å². The molecule has 11 heavy (non-hydrogen) atoms. The molecular formula is C7H4FNOS. The number of nitriles is 1. The normalized spacial score (nSPS) is 9.18. The summed E-state index contributed by atoms with van der Waals surface area (Å²) in [4.78, 5) is 0.390. The summed E-state index contributed by atoms with van der Waals surface area (Å²) in [6, 6.07) is 5.60. The van der Waals surface area contributed by atoms with Crippen molar-refractivity contribution in [2.45, 2.75) is 4.90 Å². The predicted octanol–water partition coefficient (Wildman–Crippen LogP) is 2.26. The summed E-state index contributed by atoms with van der Waals surface area (Å²) in [5.41, 5.74) is -0.0113. The molecule has 0 aliphatic heterocycles. The molecule has 2 nitrogen and oxygen atoms in total. The molecule has 0 spiro atoms. The van der Waals surface area contributed by atoms with Gasteiger partial charge in [-0.3, -0.25) is 0 Å². The van der Waals surface area contributed by atoms with Gasteiger partial charge in [-0.2, -0.15) is 5.26 Å². The number of rotatable bonds is 1. The van der Waals surface area contributed by atoms with Crippen LogP contribution in [-0.2, 0) is 0 Å². The summed E-state index contributed by atoms with van der Waals surface area (Å²) in [6.45, 7) is 0. The first-order valence-corrected chi connectivity index (χ1v) is 3.56. The molecule has 0 saturated carbocycles. The zero-order valence-corrected chi connectivity index (χ0v) is 6.23. The van der Waals surface area contributed by atoms with Gasteiger partial charge in [0.25, 0.3) is 0 Å². The predicted molar refractivity (Wildman–Crippen MR) is 39.6 cm³/mol. The van der Waals surface area contributed by atoms with E-state index < -0.39 is 5.82 Å². The average Bonchev–Trinajstić information content (AvgIpc) is 2.04. The van der Waals surface area contributed by atoms with Gasteiger partial charge in [0.1, 0.15) is 11.9 Å². The van der Waals surface area contributed by atoms with E-state index in [0.29, 0.717) is 16.9 Å². The maximum absolute atomic E-state index is 12.7. The molecule has 0 unspecified atom stereocenters. The summed E-state index contributed by atoms with van der Waals surface area (Å²) < 4.78 is 21.2. The molecule has 1 N–H and O–H groups in total. The topological polar surface area (TPSA) is 44.0 Å². The van der Waals surface area contributed by atoms with Gasteiger partial charge in [0.15, 0.2) is 0 Å². The lowest BCUT2D eigenvalue weighted by atomic mass is 10.2. The summed E-state index contributed by atoms with van der Waals surface area (Å²) in [6.07, 6.45) is 0. The summed E-state index contributed by atoms with van der Waals surface area (Å²) in [5, 5.41) is 8.32. The highest BCUT2D eigenvalue weighted by Gasteiger charge is 2.01. The molecule has 0 aliphatic rings. The van der Waals surface area contributed by atoms with Crippen LogP contribution in [0.15, 0.2) is 23.1 Å². The molecule has 0 bridgehead atoms. The average molecular weight is 169 g/mol. The Balaban J connectivity index is 3.12. The lowest BCUT2D eigenvalue weighted by Crippen LogP contribution is -1.82. The standard InChI is InChI=1S/C7H4FNOS/c8-7-3-6(11-10)2-1-5(7)4-9/h1-3,10H. The Morgan fingerprint density at radius 2 is 2.27 bits per heavy atom. The molecule has 56 valence electrons. The van der Waals surface area contributed by atoms with E-state index in [1.54, 1.807) is 6.07 Å². The van der Waals surface area contributed by atoms with Crippen LogP contribution in [0.3, 0.4) is 0 Å². The van der Waals surface area contributed by atoms with E-state index in [-0.39, 0.29) is 5.56 Å². The van der Waals surface area contributed by atoms with Crippen molar-refractivity contribution >= 4 is 12.0 Å². The second-order valence-corrected chi connectivity index (χ2v) is 2.50. The summed E-state index contributed by atoms with van der Waals surface area (Å²) >= 11 is 0.453. The zero-order chi connectivity index (χ0) is 8.27. The van der Waals surface area contributed by atoms with Gasteiger partial charge in [0, 0.05) is 16.9 Å². The molecule has 0 amide bonds. The largest absolute Gasteiger partial charge is 0.325 e. The van der Waals surface area contributed by atoms with Crippen LogP contribution in [0.4, 0.5) is 4.39 Å². The van der Waals surface area contributed by atoms with Gasteiger partial charge in [0.2, 0.25) is 0 Å². The zero-order valence-electron chi connectivity index (χ0n) is 5.41. The van der Waals surface area contributed by atoms with E-state index in [1.807, 2.05) is 0 Å². The van der Waals surface area contributed by atoms with Crippen LogP contribution in [0.5, 0.6) is 0 Å². The van der Waals surface area contributed by atoms with Crippen LogP contribution in [-0.4, -0.2) is 4.55 Å². The van der Waals surface area contributed by atoms with Gasteiger partial charge in [-0.1, -0.05) is 0 Å². The van der Waals surface area contributed by atoms with Gasteiger partial charge >= 0.3 is 0 Å². The van der Waals surface area contributed by atoms with E-state index in [1.165, 1.54) is 12.1 Å². The molecule has 0 saturated heterocycles. The summed E-state index contributed by atoms with van der Waals surface area (Å²) in [7, 11) is 0. The lowest BCUT2D eigenvalue weighted by molar-refractivity contribution is 0.617. The van der Waals surface area contributed by atoms with Crippen LogP contribution in [0.25, 0.3) is 0 Å². The van der Waals surface area contributed by atoms with E-state index >= 15 is 0 Å².